The molecule has 1 aliphatic carbocycles. The molecule has 2 aromatic carbocycles. The number of nitrogens with zero attached hydrogens (tertiary/aromatic N) is 2. The van der Waals surface area contributed by atoms with E-state index < -0.39 is 5.97 Å². The van der Waals surface area contributed by atoms with Gasteiger partial charge in [0.1, 0.15) is 0 Å². The van der Waals surface area contributed by atoms with Crippen molar-refractivity contribution in [3.8, 4) is 0 Å². The number of carboxylic acids is 1. The number of hydrogen-bond donors (Lipinski definition) is 1. The predicted octanol–water partition coefficient (Wildman–Crippen LogP) is 6.09. The summed E-state index contributed by atoms with van der Waals surface area (Å²) in [5, 5.41) is 9.61. The average molecular weight is 433 g/mol. The number of piperidine rings is 1. The van der Waals surface area contributed by atoms with Gasteiger partial charge in [0.15, 0.2) is 0 Å². The van der Waals surface area contributed by atoms with Gasteiger partial charge in [-0.2, -0.15) is 0 Å². The van der Waals surface area contributed by atoms with E-state index in [0.29, 0.717) is 29.0 Å². The fraction of sp³-hybridized carbons (Fsp3) is 0.536. The van der Waals surface area contributed by atoms with Crippen molar-refractivity contribution in [2.24, 2.45) is 5.41 Å². The fourth-order valence-electron chi connectivity index (χ4n) is 6.74. The first-order chi connectivity index (χ1) is 15.5. The van der Waals surface area contributed by atoms with Gasteiger partial charge in [0.2, 0.25) is 0 Å². The number of carbonyl (C=O) groups is 1. The maximum atomic E-state index is 11.7. The maximum absolute atomic E-state index is 11.7. The molecule has 2 atom stereocenters. The second-order valence-corrected chi connectivity index (χ2v) is 10.4. The normalized spacial score (nSPS) is 25.3. The van der Waals surface area contributed by atoms with Gasteiger partial charge in [-0.15, -0.1) is 0 Å². The minimum atomic E-state index is -0.828. The zero-order valence-electron chi connectivity index (χ0n) is 19.5. The highest BCUT2D eigenvalue weighted by atomic mass is 16.4. The van der Waals surface area contributed by atoms with Gasteiger partial charge < -0.3 is 10.0 Å². The van der Waals surface area contributed by atoms with Crippen LogP contribution in [0.1, 0.15) is 85.8 Å². The molecule has 4 heteroatoms. The van der Waals surface area contributed by atoms with Gasteiger partial charge in [-0.1, -0.05) is 50.2 Å². The third-order valence-electron chi connectivity index (χ3n) is 8.53. The Morgan fingerprint density at radius 2 is 1.69 bits per heavy atom. The van der Waals surface area contributed by atoms with Crippen molar-refractivity contribution >= 4 is 11.7 Å². The highest BCUT2D eigenvalue weighted by Gasteiger charge is 2.52. The third-order valence-corrected chi connectivity index (χ3v) is 8.53. The zero-order chi connectivity index (χ0) is 22.3. The summed E-state index contributed by atoms with van der Waals surface area (Å²) in [6.07, 6.45) is 7.53. The van der Waals surface area contributed by atoms with Crippen LogP contribution in [0.15, 0.2) is 48.5 Å². The molecule has 3 fully saturated rings. The molecule has 0 bridgehead atoms. The molecule has 1 saturated carbocycles. The average Bonchev–Trinajstić information content (AvgIpc) is 3.27. The van der Waals surface area contributed by atoms with E-state index in [2.05, 4.69) is 47.9 Å². The number of para-hydroxylation sites is 1. The van der Waals surface area contributed by atoms with Gasteiger partial charge in [0.25, 0.3) is 0 Å². The van der Waals surface area contributed by atoms with Crippen molar-refractivity contribution < 1.29 is 9.90 Å². The Morgan fingerprint density at radius 1 is 0.969 bits per heavy atom. The molecule has 2 aromatic rings. The van der Waals surface area contributed by atoms with E-state index >= 15 is 0 Å². The van der Waals surface area contributed by atoms with E-state index in [4.69, 9.17) is 0 Å². The van der Waals surface area contributed by atoms with Crippen molar-refractivity contribution in [2.75, 3.05) is 24.5 Å². The lowest BCUT2D eigenvalue weighted by molar-refractivity contribution is -0.0509. The van der Waals surface area contributed by atoms with Crippen LogP contribution in [-0.4, -0.2) is 41.7 Å². The lowest BCUT2D eigenvalue weighted by Crippen LogP contribution is -2.59. The minimum Gasteiger partial charge on any atom is -0.478 e. The molecule has 5 rings (SSSR count). The van der Waals surface area contributed by atoms with Gasteiger partial charge >= 0.3 is 5.97 Å². The molecule has 2 unspecified atom stereocenters. The van der Waals surface area contributed by atoms with E-state index in [1.807, 2.05) is 18.2 Å². The molecular weight excluding hydrogens is 396 g/mol. The molecule has 32 heavy (non-hydrogen) atoms. The van der Waals surface area contributed by atoms with E-state index in [9.17, 15) is 9.90 Å². The summed E-state index contributed by atoms with van der Waals surface area (Å²) < 4.78 is 0. The summed E-state index contributed by atoms with van der Waals surface area (Å²) >= 11 is 0. The first-order valence-electron chi connectivity index (χ1n) is 12.4. The summed E-state index contributed by atoms with van der Waals surface area (Å²) in [5.74, 6) is -0.271. The molecule has 2 aliphatic heterocycles. The summed E-state index contributed by atoms with van der Waals surface area (Å²) in [4.78, 5) is 16.9. The van der Waals surface area contributed by atoms with Crippen LogP contribution in [-0.2, 0) is 0 Å². The smallest absolute Gasteiger partial charge is 0.337 e. The summed E-state index contributed by atoms with van der Waals surface area (Å²) in [5.41, 5.74) is 4.78. The Kier molecular flexibility index (Phi) is 5.75. The van der Waals surface area contributed by atoms with Crippen molar-refractivity contribution in [3.05, 3.63) is 65.2 Å². The predicted molar refractivity (Wildman–Crippen MR) is 130 cm³/mol. The van der Waals surface area contributed by atoms with E-state index in [1.54, 1.807) is 11.6 Å². The molecule has 170 valence electrons. The van der Waals surface area contributed by atoms with E-state index in [0.717, 1.165) is 18.8 Å². The van der Waals surface area contributed by atoms with Gasteiger partial charge in [-0.3, -0.25) is 4.90 Å². The first kappa shape index (κ1) is 21.5. The molecule has 4 nitrogen and oxygen atoms in total. The molecule has 0 radical (unpaired) electrons. The van der Waals surface area contributed by atoms with Crippen molar-refractivity contribution in [1.82, 2.24) is 4.90 Å². The van der Waals surface area contributed by atoms with E-state index in [-0.39, 0.29) is 0 Å². The van der Waals surface area contributed by atoms with Crippen LogP contribution < -0.4 is 4.90 Å². The Balaban J connectivity index is 1.33. The highest BCUT2D eigenvalue weighted by Crippen LogP contribution is 2.55. The first-order valence-corrected chi connectivity index (χ1v) is 12.4. The number of carboxylic acid groups (broad SMARTS) is 1. The lowest BCUT2D eigenvalue weighted by Gasteiger charge is -2.58. The number of aromatic carboxylic acids is 1. The number of anilines is 1. The number of likely N-dealkylation sites (tertiary alicyclic amines) is 1. The Bertz CT molecular complexity index is 977. The Labute approximate surface area is 192 Å². The van der Waals surface area contributed by atoms with Crippen LogP contribution in [0.2, 0.25) is 0 Å². The molecule has 2 saturated heterocycles. The van der Waals surface area contributed by atoms with Crippen molar-refractivity contribution in [3.63, 3.8) is 0 Å². The molecule has 3 aliphatic rings. The molecule has 1 N–H and O–H groups in total. The number of hydrogen-bond acceptors (Lipinski definition) is 3. The summed E-state index contributed by atoms with van der Waals surface area (Å²) in [7, 11) is 0. The van der Waals surface area contributed by atoms with Crippen LogP contribution >= 0.6 is 0 Å². The second kappa shape index (κ2) is 8.55. The van der Waals surface area contributed by atoms with Crippen molar-refractivity contribution in [1.29, 1.82) is 0 Å². The Hall–Kier alpha value is -2.33. The SMILES string of the molecule is CC(C)c1ccccc1C1CCCN1C1CCC12CCN(c1ccccc1C(=O)O)CC2. The third kappa shape index (κ3) is 3.63. The number of benzene rings is 2. The van der Waals surface area contributed by atoms with Gasteiger partial charge in [-0.25, -0.2) is 4.79 Å². The van der Waals surface area contributed by atoms with E-state index in [1.165, 1.54) is 50.6 Å². The maximum Gasteiger partial charge on any atom is 0.337 e. The van der Waals surface area contributed by atoms with Gasteiger partial charge in [0.05, 0.1) is 11.3 Å². The Morgan fingerprint density at radius 3 is 2.38 bits per heavy atom. The second-order valence-electron chi connectivity index (χ2n) is 10.4. The van der Waals surface area contributed by atoms with Crippen LogP contribution in [0.25, 0.3) is 0 Å². The largest absolute Gasteiger partial charge is 0.478 e. The molecular formula is C28H36N2O2. The minimum absolute atomic E-state index is 0.407. The van der Waals surface area contributed by atoms with Crippen LogP contribution in [0.3, 0.4) is 0 Å². The fourth-order valence-corrected chi connectivity index (χ4v) is 6.74. The van der Waals surface area contributed by atoms with Crippen LogP contribution in [0, 0.1) is 5.41 Å². The number of rotatable bonds is 5. The molecule has 0 amide bonds. The van der Waals surface area contributed by atoms with Crippen molar-refractivity contribution in [2.45, 2.75) is 70.4 Å². The lowest BCUT2D eigenvalue weighted by atomic mass is 9.58. The van der Waals surface area contributed by atoms with Crippen LogP contribution in [0.5, 0.6) is 0 Å². The molecule has 2 heterocycles. The standard InChI is InChI=1S/C28H36N2O2/c1-20(2)21-8-3-4-9-22(21)25-12-7-17-30(25)26-13-14-28(26)15-18-29(19-16-28)24-11-6-5-10-23(24)27(31)32/h3-6,8-11,20,25-26H,7,12-19H2,1-2H3,(H,31,32). The topological polar surface area (TPSA) is 43.8 Å². The summed E-state index contributed by atoms with van der Waals surface area (Å²) in [6.45, 7) is 7.76. The monoisotopic (exact) mass is 432 g/mol. The van der Waals surface area contributed by atoms with Crippen LogP contribution in [0.4, 0.5) is 5.69 Å². The quantitative estimate of drug-likeness (QED) is 0.620. The zero-order valence-corrected chi connectivity index (χ0v) is 19.5. The van der Waals surface area contributed by atoms with Gasteiger partial charge in [0, 0.05) is 25.2 Å². The highest BCUT2D eigenvalue weighted by molar-refractivity contribution is 5.94. The summed E-state index contributed by atoms with van der Waals surface area (Å²) in [6, 6.07) is 17.8. The van der Waals surface area contributed by atoms with Gasteiger partial charge in [-0.05, 0) is 79.7 Å². The molecule has 1 spiro atoms. The molecule has 0 aromatic heterocycles.